The van der Waals surface area contributed by atoms with E-state index in [1.165, 1.54) is 22.7 Å². The molecule has 0 aliphatic heterocycles. The summed E-state index contributed by atoms with van der Waals surface area (Å²) in [6, 6.07) is 10.5. The molecule has 0 bridgehead atoms. The van der Waals surface area contributed by atoms with Crippen LogP contribution < -0.4 is 10.3 Å². The van der Waals surface area contributed by atoms with Gasteiger partial charge in [0.1, 0.15) is 11.4 Å². The van der Waals surface area contributed by atoms with E-state index in [-0.39, 0.29) is 11.1 Å². The summed E-state index contributed by atoms with van der Waals surface area (Å²) in [4.78, 5) is 28.4. The minimum atomic E-state index is -1.08. The summed E-state index contributed by atoms with van der Waals surface area (Å²) < 4.78 is 6.42. The lowest BCUT2D eigenvalue weighted by Crippen LogP contribution is -2.22. The molecule has 1 N–H and O–H groups in total. The fourth-order valence-electron chi connectivity index (χ4n) is 2.68. The molecule has 0 spiro atoms. The van der Waals surface area contributed by atoms with Gasteiger partial charge in [-0.25, -0.2) is 9.78 Å². The van der Waals surface area contributed by atoms with E-state index < -0.39 is 5.97 Å². The van der Waals surface area contributed by atoms with Crippen LogP contribution in [0, 0.1) is 0 Å². The first-order valence-electron chi connectivity index (χ1n) is 8.14. The number of carboxylic acid groups (broad SMARTS) is 1. The smallest absolute Gasteiger partial charge is 0.337 e. The molecular formula is C20H18N2O4. The van der Waals surface area contributed by atoms with Crippen molar-refractivity contribution in [3.05, 3.63) is 75.3 Å². The first kappa shape index (κ1) is 17.4. The van der Waals surface area contributed by atoms with Gasteiger partial charge in [-0.3, -0.25) is 9.20 Å². The summed E-state index contributed by atoms with van der Waals surface area (Å²) in [5, 5.41) is 9.11. The predicted octanol–water partition coefficient (Wildman–Crippen LogP) is 3.13. The van der Waals surface area contributed by atoms with Gasteiger partial charge in [0.05, 0.1) is 18.4 Å². The van der Waals surface area contributed by atoms with Crippen molar-refractivity contribution in [2.75, 3.05) is 7.11 Å². The maximum absolute atomic E-state index is 12.7. The van der Waals surface area contributed by atoms with Crippen LogP contribution >= 0.6 is 0 Å². The highest BCUT2D eigenvalue weighted by Crippen LogP contribution is 2.15. The predicted molar refractivity (Wildman–Crippen MR) is 99.7 cm³/mol. The number of ether oxygens (including phenoxy) is 1. The lowest BCUT2D eigenvalue weighted by molar-refractivity contribution is 0.0696. The van der Waals surface area contributed by atoms with Crippen LogP contribution in [0.25, 0.3) is 17.8 Å². The van der Waals surface area contributed by atoms with Gasteiger partial charge in [0.25, 0.3) is 5.56 Å². The monoisotopic (exact) mass is 350 g/mol. The van der Waals surface area contributed by atoms with Gasteiger partial charge in [-0.05, 0) is 42.3 Å². The molecule has 0 fully saturated rings. The molecule has 0 unspecified atom stereocenters. The van der Waals surface area contributed by atoms with Gasteiger partial charge in [0.2, 0.25) is 0 Å². The number of hydrogen-bond donors (Lipinski definition) is 1. The van der Waals surface area contributed by atoms with E-state index in [0.29, 0.717) is 23.3 Å². The van der Waals surface area contributed by atoms with Crippen molar-refractivity contribution in [2.45, 2.75) is 13.3 Å². The van der Waals surface area contributed by atoms with E-state index in [1.54, 1.807) is 13.2 Å². The molecule has 2 aromatic heterocycles. The maximum atomic E-state index is 12.7. The molecule has 6 heteroatoms. The minimum Gasteiger partial charge on any atom is -0.497 e. The fourth-order valence-corrected chi connectivity index (χ4v) is 2.68. The zero-order valence-electron chi connectivity index (χ0n) is 14.5. The van der Waals surface area contributed by atoms with Crippen LogP contribution in [0.2, 0.25) is 0 Å². The number of aromatic nitrogens is 2. The minimum absolute atomic E-state index is 0.0463. The molecule has 3 aromatic rings. The quantitative estimate of drug-likeness (QED) is 0.764. The third kappa shape index (κ3) is 3.35. The number of pyridine rings is 1. The Labute approximate surface area is 150 Å². The molecule has 0 radical (unpaired) electrons. The average molecular weight is 350 g/mol. The van der Waals surface area contributed by atoms with Crippen molar-refractivity contribution in [1.82, 2.24) is 9.38 Å². The Kier molecular flexibility index (Phi) is 4.84. The van der Waals surface area contributed by atoms with E-state index in [0.717, 1.165) is 11.3 Å². The molecular weight excluding hydrogens is 332 g/mol. The molecule has 2 heterocycles. The van der Waals surface area contributed by atoms with Crippen molar-refractivity contribution in [2.24, 2.45) is 0 Å². The largest absolute Gasteiger partial charge is 0.497 e. The van der Waals surface area contributed by atoms with Crippen LogP contribution in [-0.4, -0.2) is 27.6 Å². The first-order valence-corrected chi connectivity index (χ1v) is 8.14. The van der Waals surface area contributed by atoms with Crippen LogP contribution in [0.5, 0.6) is 5.75 Å². The number of hydrogen-bond acceptors (Lipinski definition) is 4. The summed E-state index contributed by atoms with van der Waals surface area (Å²) >= 11 is 0. The van der Waals surface area contributed by atoms with Gasteiger partial charge < -0.3 is 9.84 Å². The molecule has 1 aromatic carbocycles. The molecule has 0 saturated carbocycles. The van der Waals surface area contributed by atoms with Gasteiger partial charge in [-0.2, -0.15) is 0 Å². The van der Waals surface area contributed by atoms with E-state index in [4.69, 9.17) is 9.84 Å². The van der Waals surface area contributed by atoms with Gasteiger partial charge in [0, 0.05) is 11.8 Å². The van der Waals surface area contributed by atoms with Crippen molar-refractivity contribution in [1.29, 1.82) is 0 Å². The first-order chi connectivity index (χ1) is 12.5. The topological polar surface area (TPSA) is 80.9 Å². The van der Waals surface area contributed by atoms with E-state index >= 15 is 0 Å². The normalized spacial score (nSPS) is 11.2. The molecule has 0 amide bonds. The van der Waals surface area contributed by atoms with Crippen LogP contribution in [-0.2, 0) is 6.42 Å². The van der Waals surface area contributed by atoms with Gasteiger partial charge in [0.15, 0.2) is 0 Å². The lowest BCUT2D eigenvalue weighted by Gasteiger charge is -2.07. The number of fused-ring (bicyclic) bond motifs is 1. The fraction of sp³-hybridized carbons (Fsp3) is 0.150. The van der Waals surface area contributed by atoms with Crippen molar-refractivity contribution >= 4 is 23.8 Å². The lowest BCUT2D eigenvalue weighted by atomic mass is 10.1. The Hall–Kier alpha value is -3.41. The molecule has 0 atom stereocenters. The van der Waals surface area contributed by atoms with E-state index in [9.17, 15) is 9.59 Å². The number of carboxylic acids is 1. The zero-order chi connectivity index (χ0) is 18.7. The summed E-state index contributed by atoms with van der Waals surface area (Å²) in [6.45, 7) is 1.87. The van der Waals surface area contributed by atoms with Crippen molar-refractivity contribution in [3.8, 4) is 5.75 Å². The van der Waals surface area contributed by atoms with Crippen LogP contribution in [0.1, 0.15) is 34.1 Å². The van der Waals surface area contributed by atoms with Crippen LogP contribution in [0.4, 0.5) is 0 Å². The molecule has 6 nitrogen and oxygen atoms in total. The van der Waals surface area contributed by atoms with Crippen molar-refractivity contribution < 1.29 is 14.6 Å². The molecule has 0 saturated heterocycles. The van der Waals surface area contributed by atoms with Crippen LogP contribution in [0.3, 0.4) is 0 Å². The standard InChI is InChI=1S/C20H18N2O4/c1-3-16-17(10-6-13-4-8-15(26-2)9-5-13)21-18-11-7-14(20(24)25)12-22(18)19(16)23/h4-12H,3H2,1-2H3,(H,24,25)/b10-6+. The second kappa shape index (κ2) is 7.23. The molecule has 3 rings (SSSR count). The maximum Gasteiger partial charge on any atom is 0.337 e. The second-order valence-electron chi connectivity index (χ2n) is 5.69. The Bertz CT molecular complexity index is 1050. The summed E-state index contributed by atoms with van der Waals surface area (Å²) in [6.07, 6.45) is 5.48. The Morgan fingerprint density at radius 2 is 1.92 bits per heavy atom. The third-order valence-electron chi connectivity index (χ3n) is 4.10. The van der Waals surface area contributed by atoms with Gasteiger partial charge >= 0.3 is 5.97 Å². The zero-order valence-corrected chi connectivity index (χ0v) is 14.5. The molecule has 0 aliphatic carbocycles. The summed E-state index contributed by atoms with van der Waals surface area (Å²) in [7, 11) is 1.61. The number of rotatable bonds is 5. The molecule has 26 heavy (non-hydrogen) atoms. The van der Waals surface area contributed by atoms with Gasteiger partial charge in [-0.15, -0.1) is 0 Å². The number of aromatic carboxylic acids is 1. The average Bonchev–Trinajstić information content (AvgIpc) is 2.66. The molecule has 0 aliphatic rings. The number of methoxy groups -OCH3 is 1. The Morgan fingerprint density at radius 3 is 2.54 bits per heavy atom. The third-order valence-corrected chi connectivity index (χ3v) is 4.10. The number of carbonyl (C=O) groups is 1. The SMILES string of the molecule is CCc1c(/C=C/c2ccc(OC)cc2)nc2ccc(C(=O)O)cn2c1=O. The number of nitrogens with zero attached hydrogens (tertiary/aromatic N) is 2. The number of benzene rings is 1. The highest BCUT2D eigenvalue weighted by Gasteiger charge is 2.11. The van der Waals surface area contributed by atoms with Crippen molar-refractivity contribution in [3.63, 3.8) is 0 Å². The highest BCUT2D eigenvalue weighted by molar-refractivity contribution is 5.87. The van der Waals surface area contributed by atoms with Crippen LogP contribution in [0.15, 0.2) is 47.4 Å². The summed E-state index contributed by atoms with van der Waals surface area (Å²) in [5.74, 6) is -0.312. The Balaban J connectivity index is 2.07. The van der Waals surface area contributed by atoms with Gasteiger partial charge in [-0.1, -0.05) is 25.1 Å². The molecule has 132 valence electrons. The Morgan fingerprint density at radius 1 is 1.19 bits per heavy atom. The summed E-state index contributed by atoms with van der Waals surface area (Å²) in [5.41, 5.74) is 2.27. The van der Waals surface area contributed by atoms with E-state index in [1.807, 2.05) is 37.3 Å². The highest BCUT2D eigenvalue weighted by atomic mass is 16.5. The van der Waals surface area contributed by atoms with E-state index in [2.05, 4.69) is 4.98 Å². The second-order valence-corrected chi connectivity index (χ2v) is 5.69.